The lowest BCUT2D eigenvalue weighted by molar-refractivity contribution is 0.238. The summed E-state index contributed by atoms with van der Waals surface area (Å²) in [5.74, 6) is 0. The van der Waals surface area contributed by atoms with Gasteiger partial charge in [-0.05, 0) is 30.8 Å². The standard InChI is InChI=1S/C17H25N5O/c1-3-21(2)12-10-18-17(23)19-13-15-7-4-5-8-16(15)14-22-11-6-9-20-22/h4-9,11H,3,10,12-14H2,1-2H3,(H2,18,19,23). The van der Waals surface area contributed by atoms with Gasteiger partial charge in [-0.2, -0.15) is 5.10 Å². The zero-order valence-electron chi connectivity index (χ0n) is 13.8. The Morgan fingerprint density at radius 1 is 1.22 bits per heavy atom. The minimum absolute atomic E-state index is 0.136. The molecule has 0 aliphatic carbocycles. The van der Waals surface area contributed by atoms with Crippen molar-refractivity contribution in [3.05, 3.63) is 53.9 Å². The molecule has 0 bridgehead atoms. The molecule has 2 amide bonds. The van der Waals surface area contributed by atoms with Crippen molar-refractivity contribution < 1.29 is 4.79 Å². The molecule has 6 heteroatoms. The number of benzene rings is 1. The van der Waals surface area contributed by atoms with Crippen LogP contribution in [0.25, 0.3) is 0 Å². The summed E-state index contributed by atoms with van der Waals surface area (Å²) in [5.41, 5.74) is 2.26. The fourth-order valence-electron chi connectivity index (χ4n) is 2.21. The van der Waals surface area contributed by atoms with Gasteiger partial charge in [-0.15, -0.1) is 0 Å². The Kier molecular flexibility index (Phi) is 6.62. The predicted molar refractivity (Wildman–Crippen MR) is 91.2 cm³/mol. The molecule has 23 heavy (non-hydrogen) atoms. The van der Waals surface area contributed by atoms with Crippen LogP contribution in [0, 0.1) is 0 Å². The molecule has 2 aromatic rings. The van der Waals surface area contributed by atoms with Crippen molar-refractivity contribution in [1.82, 2.24) is 25.3 Å². The van der Waals surface area contributed by atoms with Gasteiger partial charge >= 0.3 is 6.03 Å². The number of urea groups is 1. The number of likely N-dealkylation sites (N-methyl/N-ethyl adjacent to an activating group) is 1. The SMILES string of the molecule is CCN(C)CCNC(=O)NCc1ccccc1Cn1cccn1. The van der Waals surface area contributed by atoms with E-state index in [0.717, 1.165) is 24.2 Å². The second-order valence-electron chi connectivity index (χ2n) is 5.48. The number of hydrogen-bond acceptors (Lipinski definition) is 3. The fourth-order valence-corrected chi connectivity index (χ4v) is 2.21. The lowest BCUT2D eigenvalue weighted by Gasteiger charge is -2.15. The van der Waals surface area contributed by atoms with E-state index in [2.05, 4.69) is 33.6 Å². The van der Waals surface area contributed by atoms with Crippen molar-refractivity contribution in [3.63, 3.8) is 0 Å². The minimum atomic E-state index is -0.136. The van der Waals surface area contributed by atoms with Crippen LogP contribution >= 0.6 is 0 Å². The first-order valence-electron chi connectivity index (χ1n) is 7.93. The molecule has 6 nitrogen and oxygen atoms in total. The van der Waals surface area contributed by atoms with Gasteiger partial charge in [0.15, 0.2) is 0 Å². The van der Waals surface area contributed by atoms with E-state index in [0.29, 0.717) is 19.6 Å². The molecule has 0 aliphatic heterocycles. The van der Waals surface area contributed by atoms with Crippen molar-refractivity contribution in [3.8, 4) is 0 Å². The van der Waals surface area contributed by atoms with E-state index in [-0.39, 0.29) is 6.03 Å². The molecule has 0 spiro atoms. The maximum Gasteiger partial charge on any atom is 0.315 e. The molecule has 0 saturated carbocycles. The van der Waals surface area contributed by atoms with Crippen LogP contribution in [0.15, 0.2) is 42.7 Å². The van der Waals surface area contributed by atoms with Crippen LogP contribution in [-0.2, 0) is 13.1 Å². The van der Waals surface area contributed by atoms with E-state index < -0.39 is 0 Å². The third kappa shape index (κ3) is 5.75. The molecule has 0 radical (unpaired) electrons. The van der Waals surface area contributed by atoms with Gasteiger partial charge < -0.3 is 15.5 Å². The van der Waals surface area contributed by atoms with Gasteiger partial charge in [-0.25, -0.2) is 4.79 Å². The molecule has 0 aliphatic rings. The third-order valence-electron chi connectivity index (χ3n) is 3.77. The Morgan fingerprint density at radius 3 is 2.70 bits per heavy atom. The highest BCUT2D eigenvalue weighted by molar-refractivity contribution is 5.73. The summed E-state index contributed by atoms with van der Waals surface area (Å²) in [5, 5.41) is 10.0. The van der Waals surface area contributed by atoms with E-state index in [1.807, 2.05) is 42.2 Å². The lowest BCUT2D eigenvalue weighted by atomic mass is 10.1. The van der Waals surface area contributed by atoms with Crippen molar-refractivity contribution in [2.45, 2.75) is 20.0 Å². The molecule has 2 rings (SSSR count). The van der Waals surface area contributed by atoms with Crippen LogP contribution in [0.4, 0.5) is 4.79 Å². The molecule has 1 heterocycles. The van der Waals surface area contributed by atoms with Gasteiger partial charge in [-0.3, -0.25) is 4.68 Å². The molecule has 1 aromatic carbocycles. The van der Waals surface area contributed by atoms with Gasteiger partial charge in [0, 0.05) is 32.0 Å². The van der Waals surface area contributed by atoms with Crippen molar-refractivity contribution in [2.75, 3.05) is 26.7 Å². The Hall–Kier alpha value is -2.34. The van der Waals surface area contributed by atoms with Gasteiger partial charge in [0.05, 0.1) is 6.54 Å². The molecule has 0 atom stereocenters. The third-order valence-corrected chi connectivity index (χ3v) is 3.77. The predicted octanol–water partition coefficient (Wildman–Crippen LogP) is 1.68. The molecule has 0 saturated heterocycles. The lowest BCUT2D eigenvalue weighted by Crippen LogP contribution is -2.39. The molecule has 2 N–H and O–H groups in total. The first-order chi connectivity index (χ1) is 11.2. The number of carbonyl (C=O) groups excluding carboxylic acids is 1. The summed E-state index contributed by atoms with van der Waals surface area (Å²) >= 11 is 0. The average molecular weight is 315 g/mol. The highest BCUT2D eigenvalue weighted by Gasteiger charge is 2.05. The maximum absolute atomic E-state index is 11.9. The largest absolute Gasteiger partial charge is 0.337 e. The summed E-state index contributed by atoms with van der Waals surface area (Å²) in [6.07, 6.45) is 3.70. The van der Waals surface area contributed by atoms with Crippen LogP contribution in [0.3, 0.4) is 0 Å². The first kappa shape index (κ1) is 17.0. The quantitative estimate of drug-likeness (QED) is 0.779. The Balaban J connectivity index is 1.82. The molecule has 0 fully saturated rings. The molecule has 124 valence electrons. The normalized spacial score (nSPS) is 10.7. The number of carbonyl (C=O) groups is 1. The Bertz CT molecular complexity index is 597. The van der Waals surface area contributed by atoms with Crippen LogP contribution in [0.2, 0.25) is 0 Å². The van der Waals surface area contributed by atoms with Crippen LogP contribution in [-0.4, -0.2) is 47.4 Å². The first-order valence-corrected chi connectivity index (χ1v) is 7.93. The summed E-state index contributed by atoms with van der Waals surface area (Å²) in [6.45, 7) is 5.77. The second kappa shape index (κ2) is 8.95. The number of rotatable bonds is 8. The van der Waals surface area contributed by atoms with Gasteiger partial charge in [0.1, 0.15) is 0 Å². The van der Waals surface area contributed by atoms with Gasteiger partial charge in [0.25, 0.3) is 0 Å². The second-order valence-corrected chi connectivity index (χ2v) is 5.48. The zero-order chi connectivity index (χ0) is 16.5. The van der Waals surface area contributed by atoms with Crippen molar-refractivity contribution in [1.29, 1.82) is 0 Å². The van der Waals surface area contributed by atoms with Crippen LogP contribution in [0.5, 0.6) is 0 Å². The van der Waals surface area contributed by atoms with Crippen LogP contribution in [0.1, 0.15) is 18.1 Å². The number of amides is 2. The van der Waals surface area contributed by atoms with Crippen molar-refractivity contribution in [2.24, 2.45) is 0 Å². The highest BCUT2D eigenvalue weighted by Crippen LogP contribution is 2.10. The van der Waals surface area contributed by atoms with E-state index in [4.69, 9.17) is 0 Å². The van der Waals surface area contributed by atoms with Gasteiger partial charge in [0.2, 0.25) is 0 Å². The maximum atomic E-state index is 11.9. The zero-order valence-corrected chi connectivity index (χ0v) is 13.8. The Morgan fingerprint density at radius 2 is 2.00 bits per heavy atom. The smallest absolute Gasteiger partial charge is 0.315 e. The molecular weight excluding hydrogens is 290 g/mol. The topological polar surface area (TPSA) is 62.2 Å². The van der Waals surface area contributed by atoms with Crippen LogP contribution < -0.4 is 10.6 Å². The van der Waals surface area contributed by atoms with E-state index in [1.54, 1.807) is 6.20 Å². The van der Waals surface area contributed by atoms with Gasteiger partial charge in [-0.1, -0.05) is 31.2 Å². The van der Waals surface area contributed by atoms with E-state index in [9.17, 15) is 4.79 Å². The minimum Gasteiger partial charge on any atom is -0.337 e. The number of hydrogen-bond donors (Lipinski definition) is 2. The summed E-state index contributed by atoms with van der Waals surface area (Å²) in [7, 11) is 2.03. The number of nitrogens with one attached hydrogen (secondary N) is 2. The molecule has 1 aromatic heterocycles. The summed E-state index contributed by atoms with van der Waals surface area (Å²) < 4.78 is 1.87. The fraction of sp³-hybridized carbons (Fsp3) is 0.412. The number of aromatic nitrogens is 2. The van der Waals surface area contributed by atoms with Crippen molar-refractivity contribution >= 4 is 6.03 Å². The number of nitrogens with zero attached hydrogens (tertiary/aromatic N) is 3. The Labute approximate surface area is 137 Å². The van der Waals surface area contributed by atoms with E-state index in [1.165, 1.54) is 0 Å². The van der Waals surface area contributed by atoms with E-state index >= 15 is 0 Å². The summed E-state index contributed by atoms with van der Waals surface area (Å²) in [6, 6.07) is 9.85. The average Bonchev–Trinajstić information content (AvgIpc) is 3.07. The molecular formula is C17H25N5O. The molecule has 0 unspecified atom stereocenters. The monoisotopic (exact) mass is 315 g/mol. The summed E-state index contributed by atoms with van der Waals surface area (Å²) in [4.78, 5) is 14.0. The highest BCUT2D eigenvalue weighted by atomic mass is 16.2.